The van der Waals surface area contributed by atoms with Gasteiger partial charge in [0.25, 0.3) is 0 Å². The molecule has 4 unspecified atom stereocenters. The molecule has 0 aliphatic heterocycles. The van der Waals surface area contributed by atoms with Crippen LogP contribution in [-0.2, 0) is 14.4 Å². The van der Waals surface area contributed by atoms with E-state index in [-0.39, 0.29) is 41.3 Å². The maximum absolute atomic E-state index is 13.3. The largest absolute Gasteiger partial charge is 0.388 e. The standard InChI is InChI=1S/C21H30O5/c1-19-7-5-13(23)9-12(19)3-4-14-15-6-8-21(26,17(25)11-22)20(15,2)10-16(24)18(14)19/h12,14-15,18,22,26H,3-11H2,1-2H3/t12?,14?,15?,18?,19-,20-,21-/m0/s1. The summed E-state index contributed by atoms with van der Waals surface area (Å²) in [5, 5.41) is 20.5. The second kappa shape index (κ2) is 5.71. The Morgan fingerprint density at radius 3 is 2.58 bits per heavy atom. The van der Waals surface area contributed by atoms with Gasteiger partial charge in [0, 0.05) is 30.6 Å². The van der Waals surface area contributed by atoms with Gasteiger partial charge in [-0.1, -0.05) is 13.8 Å². The Hall–Kier alpha value is -1.07. The maximum atomic E-state index is 13.3. The van der Waals surface area contributed by atoms with Crippen LogP contribution in [0.4, 0.5) is 0 Å². The third kappa shape index (κ3) is 2.13. The number of rotatable bonds is 2. The Morgan fingerprint density at radius 2 is 1.88 bits per heavy atom. The molecule has 26 heavy (non-hydrogen) atoms. The summed E-state index contributed by atoms with van der Waals surface area (Å²) in [7, 11) is 0. The minimum absolute atomic E-state index is 0.0565. The maximum Gasteiger partial charge on any atom is 0.190 e. The van der Waals surface area contributed by atoms with Crippen LogP contribution in [0.1, 0.15) is 65.2 Å². The number of Topliss-reactive ketones (excluding diaryl/α,β-unsaturated/α-hetero) is 3. The lowest BCUT2D eigenvalue weighted by atomic mass is 9.44. The van der Waals surface area contributed by atoms with Gasteiger partial charge in [-0.2, -0.15) is 0 Å². The van der Waals surface area contributed by atoms with Gasteiger partial charge in [0.05, 0.1) is 0 Å². The monoisotopic (exact) mass is 362 g/mol. The molecule has 7 atom stereocenters. The van der Waals surface area contributed by atoms with Crippen LogP contribution in [0.3, 0.4) is 0 Å². The molecule has 0 spiro atoms. The molecule has 0 amide bonds. The number of carbonyl (C=O) groups excluding carboxylic acids is 3. The zero-order valence-corrected chi connectivity index (χ0v) is 15.8. The number of aliphatic hydroxyl groups is 2. The summed E-state index contributed by atoms with van der Waals surface area (Å²) in [6.07, 6.45) is 5.07. The molecular formula is C21H30O5. The van der Waals surface area contributed by atoms with E-state index in [1.165, 1.54) is 0 Å². The number of carbonyl (C=O) groups is 3. The molecule has 4 rings (SSSR count). The topological polar surface area (TPSA) is 91.7 Å². The minimum Gasteiger partial charge on any atom is -0.388 e. The Balaban J connectivity index is 1.71. The predicted molar refractivity (Wildman–Crippen MR) is 94.2 cm³/mol. The van der Waals surface area contributed by atoms with Crippen LogP contribution in [0.25, 0.3) is 0 Å². The number of aliphatic hydroxyl groups excluding tert-OH is 1. The minimum atomic E-state index is -1.59. The average Bonchev–Trinajstić information content (AvgIpc) is 2.86. The first-order valence-corrected chi connectivity index (χ1v) is 10.1. The molecule has 4 saturated carbocycles. The molecular weight excluding hydrogens is 332 g/mol. The first-order chi connectivity index (χ1) is 12.2. The Kier molecular flexibility index (Phi) is 4.02. The summed E-state index contributed by atoms with van der Waals surface area (Å²) < 4.78 is 0. The quantitative estimate of drug-likeness (QED) is 0.785. The molecule has 0 radical (unpaired) electrons. The highest BCUT2D eigenvalue weighted by Gasteiger charge is 2.68. The fraction of sp³-hybridized carbons (Fsp3) is 0.857. The molecule has 0 bridgehead atoms. The normalized spacial score (nSPS) is 50.8. The van der Waals surface area contributed by atoms with E-state index in [0.29, 0.717) is 25.0 Å². The van der Waals surface area contributed by atoms with Crippen molar-refractivity contribution in [3.8, 4) is 0 Å². The van der Waals surface area contributed by atoms with E-state index >= 15 is 0 Å². The summed E-state index contributed by atoms with van der Waals surface area (Å²) in [6.45, 7) is 3.40. The number of fused-ring (bicyclic) bond motifs is 5. The van der Waals surface area contributed by atoms with Crippen molar-refractivity contribution in [2.45, 2.75) is 70.8 Å². The van der Waals surface area contributed by atoms with Crippen molar-refractivity contribution in [3.63, 3.8) is 0 Å². The zero-order valence-electron chi connectivity index (χ0n) is 15.8. The predicted octanol–water partition coefficient (Wildman–Crippen LogP) is 2.07. The van der Waals surface area contributed by atoms with Gasteiger partial charge in [-0.05, 0) is 55.3 Å². The fourth-order valence-electron chi connectivity index (χ4n) is 7.45. The lowest BCUT2D eigenvalue weighted by Gasteiger charge is -2.59. The first kappa shape index (κ1) is 18.3. The van der Waals surface area contributed by atoms with Crippen LogP contribution < -0.4 is 0 Å². The summed E-state index contributed by atoms with van der Waals surface area (Å²) in [6, 6.07) is 0. The fourth-order valence-corrected chi connectivity index (χ4v) is 7.45. The van der Waals surface area contributed by atoms with Crippen molar-refractivity contribution < 1.29 is 24.6 Å². The lowest BCUT2D eigenvalue weighted by molar-refractivity contribution is -0.178. The van der Waals surface area contributed by atoms with Crippen molar-refractivity contribution in [1.82, 2.24) is 0 Å². The molecule has 5 nitrogen and oxygen atoms in total. The molecule has 0 saturated heterocycles. The summed E-state index contributed by atoms with van der Waals surface area (Å²) in [4.78, 5) is 37.6. The lowest BCUT2D eigenvalue weighted by Crippen LogP contribution is -2.62. The molecule has 0 aromatic carbocycles. The van der Waals surface area contributed by atoms with E-state index in [4.69, 9.17) is 0 Å². The highest BCUT2D eigenvalue weighted by Crippen LogP contribution is 2.67. The van der Waals surface area contributed by atoms with Gasteiger partial charge in [-0.3, -0.25) is 14.4 Å². The third-order valence-corrected chi connectivity index (χ3v) is 8.93. The van der Waals surface area contributed by atoms with Gasteiger partial charge in [-0.25, -0.2) is 0 Å². The van der Waals surface area contributed by atoms with Crippen molar-refractivity contribution in [3.05, 3.63) is 0 Å². The average molecular weight is 362 g/mol. The van der Waals surface area contributed by atoms with E-state index in [0.717, 1.165) is 25.7 Å². The van der Waals surface area contributed by atoms with E-state index in [2.05, 4.69) is 6.92 Å². The third-order valence-electron chi connectivity index (χ3n) is 8.93. The Morgan fingerprint density at radius 1 is 1.15 bits per heavy atom. The number of hydrogen-bond acceptors (Lipinski definition) is 5. The van der Waals surface area contributed by atoms with Crippen LogP contribution in [0.2, 0.25) is 0 Å². The van der Waals surface area contributed by atoms with Gasteiger partial charge in [-0.15, -0.1) is 0 Å². The SMILES string of the molecule is C[C@]12CCC(=O)CC1CCC1C2C(=O)C[C@@]2(C)C1CC[C@]2(O)C(=O)CO. The van der Waals surface area contributed by atoms with Crippen LogP contribution in [0.15, 0.2) is 0 Å². The molecule has 2 N–H and O–H groups in total. The van der Waals surface area contributed by atoms with Gasteiger partial charge in [0.15, 0.2) is 5.78 Å². The summed E-state index contributed by atoms with van der Waals surface area (Å²) >= 11 is 0. The van der Waals surface area contributed by atoms with Crippen molar-refractivity contribution in [2.24, 2.45) is 34.5 Å². The number of hydrogen-bond donors (Lipinski definition) is 2. The Bertz CT molecular complexity index is 671. The van der Waals surface area contributed by atoms with Crippen LogP contribution in [0.5, 0.6) is 0 Å². The molecule has 4 aliphatic rings. The van der Waals surface area contributed by atoms with Crippen LogP contribution >= 0.6 is 0 Å². The second-order valence-electron chi connectivity index (χ2n) is 9.81. The zero-order chi connectivity index (χ0) is 18.9. The van der Waals surface area contributed by atoms with Gasteiger partial charge < -0.3 is 10.2 Å². The highest BCUT2D eigenvalue weighted by atomic mass is 16.3. The van der Waals surface area contributed by atoms with Crippen molar-refractivity contribution >= 4 is 17.3 Å². The molecule has 144 valence electrons. The van der Waals surface area contributed by atoms with Gasteiger partial charge >= 0.3 is 0 Å². The van der Waals surface area contributed by atoms with Crippen molar-refractivity contribution in [1.29, 1.82) is 0 Å². The molecule has 5 heteroatoms. The van der Waals surface area contributed by atoms with Crippen molar-refractivity contribution in [2.75, 3.05) is 6.61 Å². The van der Waals surface area contributed by atoms with E-state index in [1.807, 2.05) is 6.92 Å². The second-order valence-corrected chi connectivity index (χ2v) is 9.81. The summed E-state index contributed by atoms with van der Waals surface area (Å²) in [5.41, 5.74) is -2.50. The number of ketones is 3. The van der Waals surface area contributed by atoms with E-state index < -0.39 is 23.4 Å². The highest BCUT2D eigenvalue weighted by molar-refractivity contribution is 5.92. The molecule has 4 aliphatic carbocycles. The van der Waals surface area contributed by atoms with E-state index in [9.17, 15) is 24.6 Å². The molecule has 0 aromatic heterocycles. The molecule has 0 heterocycles. The molecule has 0 aromatic rings. The van der Waals surface area contributed by atoms with Crippen LogP contribution in [-0.4, -0.2) is 39.8 Å². The van der Waals surface area contributed by atoms with Gasteiger partial charge in [0.2, 0.25) is 0 Å². The first-order valence-electron chi connectivity index (χ1n) is 10.1. The van der Waals surface area contributed by atoms with Gasteiger partial charge in [0.1, 0.15) is 23.8 Å². The van der Waals surface area contributed by atoms with Crippen LogP contribution in [0, 0.1) is 34.5 Å². The smallest absolute Gasteiger partial charge is 0.190 e. The summed E-state index contributed by atoms with van der Waals surface area (Å²) in [5.74, 6) is 0.468. The Labute approximate surface area is 154 Å². The van der Waals surface area contributed by atoms with E-state index in [1.54, 1.807) is 0 Å². The molecule has 4 fully saturated rings.